The van der Waals surface area contributed by atoms with Crippen LogP contribution in [0.15, 0.2) is 17.2 Å². The summed E-state index contributed by atoms with van der Waals surface area (Å²) in [6.45, 7) is -0.652. The van der Waals surface area contributed by atoms with Crippen molar-refractivity contribution in [3.05, 3.63) is 27.9 Å². The summed E-state index contributed by atoms with van der Waals surface area (Å²) in [6.07, 6.45) is -5.32. The van der Waals surface area contributed by atoms with Gasteiger partial charge in [-0.05, 0) is 12.1 Å². The zero-order chi connectivity index (χ0) is 19.5. The lowest BCUT2D eigenvalue weighted by Gasteiger charge is -2.12. The number of esters is 1. The highest BCUT2D eigenvalue weighted by Crippen LogP contribution is 2.34. The summed E-state index contributed by atoms with van der Waals surface area (Å²) < 4.78 is 56.6. The number of carbonyl (C=O) groups excluding carboxylic acids is 1. The first kappa shape index (κ1) is 20.8. The van der Waals surface area contributed by atoms with Crippen LogP contribution < -0.4 is 0 Å². The number of fused-ring (bicyclic) bond motifs is 1. The van der Waals surface area contributed by atoms with Crippen LogP contribution in [0, 0.1) is 0 Å². The van der Waals surface area contributed by atoms with Gasteiger partial charge in [-0.1, -0.05) is 23.2 Å². The maximum atomic E-state index is 13.3. The molecule has 0 bridgehead atoms. The largest absolute Gasteiger partial charge is 0.463 e. The fourth-order valence-electron chi connectivity index (χ4n) is 1.88. The number of alkyl halides is 3. The Labute approximate surface area is 157 Å². The topological polar surface area (TPSA) is 89.4 Å². The van der Waals surface area contributed by atoms with E-state index in [0.717, 1.165) is 6.07 Å². The number of rotatable bonds is 6. The number of benzene rings is 1. The van der Waals surface area contributed by atoms with Crippen molar-refractivity contribution in [2.24, 2.45) is 0 Å². The van der Waals surface area contributed by atoms with E-state index in [0.29, 0.717) is 0 Å². The SMILES string of the molecule is O=C(CCS(=O)c1nc2cc(Cl)c(Cl)cc2nc1C(F)(F)F)OCCO. The van der Waals surface area contributed by atoms with Gasteiger partial charge in [-0.3, -0.25) is 9.00 Å². The molecule has 0 fully saturated rings. The molecule has 0 radical (unpaired) electrons. The van der Waals surface area contributed by atoms with Gasteiger partial charge in [0.05, 0.1) is 44.9 Å². The average molecular weight is 431 g/mol. The van der Waals surface area contributed by atoms with Crippen LogP contribution in [0.5, 0.6) is 0 Å². The highest BCUT2D eigenvalue weighted by molar-refractivity contribution is 7.85. The lowest BCUT2D eigenvalue weighted by Crippen LogP contribution is -2.18. The number of halogens is 5. The molecule has 1 atom stereocenters. The molecule has 0 amide bonds. The number of ether oxygens (including phenoxy) is 1. The lowest BCUT2D eigenvalue weighted by molar-refractivity contribution is -0.144. The average Bonchev–Trinajstić information content (AvgIpc) is 2.57. The van der Waals surface area contributed by atoms with Crippen LogP contribution in [0.25, 0.3) is 11.0 Å². The van der Waals surface area contributed by atoms with Gasteiger partial charge in [0.1, 0.15) is 6.61 Å². The Morgan fingerprint density at radius 2 is 1.77 bits per heavy atom. The van der Waals surface area contributed by atoms with E-state index in [9.17, 15) is 22.2 Å². The number of hydrogen-bond donors (Lipinski definition) is 1. The molecule has 12 heteroatoms. The molecule has 0 aliphatic heterocycles. The van der Waals surface area contributed by atoms with Gasteiger partial charge in [0.25, 0.3) is 0 Å². The molecular weight excluding hydrogens is 420 g/mol. The molecule has 0 aliphatic rings. The number of hydrogen-bond acceptors (Lipinski definition) is 6. The van der Waals surface area contributed by atoms with Gasteiger partial charge in [-0.15, -0.1) is 0 Å². The highest BCUT2D eigenvalue weighted by atomic mass is 35.5. The molecule has 6 nitrogen and oxygen atoms in total. The Morgan fingerprint density at radius 1 is 1.19 bits per heavy atom. The molecule has 1 unspecified atom stereocenters. The molecule has 2 aromatic rings. The number of aliphatic hydroxyl groups excluding tert-OH is 1. The number of carbonyl (C=O) groups is 1. The maximum absolute atomic E-state index is 13.3. The van der Waals surface area contributed by atoms with Gasteiger partial charge in [0.15, 0.2) is 10.7 Å². The van der Waals surface area contributed by atoms with Crippen molar-refractivity contribution < 1.29 is 32.0 Å². The third kappa shape index (κ3) is 5.03. The number of aromatic nitrogens is 2. The van der Waals surface area contributed by atoms with Crippen molar-refractivity contribution in [2.75, 3.05) is 19.0 Å². The van der Waals surface area contributed by atoms with E-state index in [1.165, 1.54) is 6.07 Å². The van der Waals surface area contributed by atoms with E-state index in [2.05, 4.69) is 14.7 Å². The third-order valence-electron chi connectivity index (χ3n) is 3.00. The van der Waals surface area contributed by atoms with Crippen LogP contribution in [0.3, 0.4) is 0 Å². The smallest absolute Gasteiger partial charge is 0.436 e. The molecule has 1 N–H and O–H groups in total. The third-order valence-corrected chi connectivity index (χ3v) is 5.02. The minimum atomic E-state index is -4.91. The number of aliphatic hydroxyl groups is 1. The molecular formula is C14H11Cl2F3N2O4S. The lowest BCUT2D eigenvalue weighted by atomic mass is 10.3. The normalized spacial score (nSPS) is 13.0. The van der Waals surface area contributed by atoms with E-state index in [1.807, 2.05) is 0 Å². The minimum Gasteiger partial charge on any atom is -0.463 e. The first-order valence-electron chi connectivity index (χ1n) is 7.02. The zero-order valence-corrected chi connectivity index (χ0v) is 15.2. The predicted molar refractivity (Wildman–Crippen MR) is 88.5 cm³/mol. The molecule has 2 rings (SSSR count). The molecule has 1 aromatic heterocycles. The summed E-state index contributed by atoms with van der Waals surface area (Å²) in [4.78, 5) is 18.6. The molecule has 1 aromatic carbocycles. The molecule has 1 heterocycles. The van der Waals surface area contributed by atoms with Crippen molar-refractivity contribution in [3.8, 4) is 0 Å². The van der Waals surface area contributed by atoms with Gasteiger partial charge < -0.3 is 9.84 Å². The second kappa shape index (κ2) is 8.47. The van der Waals surface area contributed by atoms with E-state index < -0.39 is 52.4 Å². The van der Waals surface area contributed by atoms with Gasteiger partial charge in [-0.2, -0.15) is 13.2 Å². The summed E-state index contributed by atoms with van der Waals surface area (Å²) >= 11 is 11.6. The standard InChI is InChI=1S/C14H11Cl2F3N2O4S/c15-7-5-9-10(6-8(7)16)21-13(12(20-9)14(17,18)19)26(24)4-1-11(23)25-3-2-22/h5-6,22H,1-4H2. The van der Waals surface area contributed by atoms with Crippen LogP contribution in [0.2, 0.25) is 10.0 Å². The van der Waals surface area contributed by atoms with E-state index in [1.54, 1.807) is 0 Å². The van der Waals surface area contributed by atoms with Gasteiger partial charge in [0, 0.05) is 5.75 Å². The Morgan fingerprint density at radius 3 is 2.31 bits per heavy atom. The first-order chi connectivity index (χ1) is 12.1. The molecule has 0 saturated carbocycles. The van der Waals surface area contributed by atoms with Crippen molar-refractivity contribution in [2.45, 2.75) is 17.6 Å². The molecule has 0 saturated heterocycles. The molecule has 142 valence electrons. The van der Waals surface area contributed by atoms with Crippen LogP contribution in [0.1, 0.15) is 12.1 Å². The van der Waals surface area contributed by atoms with E-state index in [-0.39, 0.29) is 27.7 Å². The number of nitrogens with zero attached hydrogens (tertiary/aromatic N) is 2. The molecule has 26 heavy (non-hydrogen) atoms. The second-order valence-electron chi connectivity index (χ2n) is 4.87. The fourth-order valence-corrected chi connectivity index (χ4v) is 3.32. The minimum absolute atomic E-state index is 0.00194. The monoisotopic (exact) mass is 430 g/mol. The Kier molecular flexibility index (Phi) is 6.78. The van der Waals surface area contributed by atoms with E-state index in [4.69, 9.17) is 28.3 Å². The van der Waals surface area contributed by atoms with Crippen LogP contribution >= 0.6 is 23.2 Å². The van der Waals surface area contributed by atoms with Gasteiger partial charge in [-0.25, -0.2) is 9.97 Å². The Bertz CT molecular complexity index is 864. The van der Waals surface area contributed by atoms with Gasteiger partial charge in [0.2, 0.25) is 0 Å². The van der Waals surface area contributed by atoms with Crippen molar-refractivity contribution in [3.63, 3.8) is 0 Å². The summed E-state index contributed by atoms with van der Waals surface area (Å²) in [5.74, 6) is -1.25. The fraction of sp³-hybridized carbons (Fsp3) is 0.357. The summed E-state index contributed by atoms with van der Waals surface area (Å²) in [6, 6.07) is 2.34. The predicted octanol–water partition coefficient (Wildman–Crippen LogP) is 2.99. The van der Waals surface area contributed by atoms with Crippen LogP contribution in [-0.2, 0) is 26.5 Å². The first-order valence-corrected chi connectivity index (χ1v) is 9.10. The van der Waals surface area contributed by atoms with Crippen LogP contribution in [-0.4, -0.2) is 44.2 Å². The van der Waals surface area contributed by atoms with E-state index >= 15 is 0 Å². The second-order valence-corrected chi connectivity index (χ2v) is 7.17. The maximum Gasteiger partial charge on any atom is 0.436 e. The quantitative estimate of drug-likeness (QED) is 0.708. The Balaban J connectivity index is 2.38. The van der Waals surface area contributed by atoms with Gasteiger partial charge >= 0.3 is 12.1 Å². The molecule has 0 spiro atoms. The summed E-state index contributed by atoms with van der Waals surface area (Å²) in [7, 11) is -2.27. The summed E-state index contributed by atoms with van der Waals surface area (Å²) in [5, 5.41) is 7.79. The Hall–Kier alpha value is -1.49. The summed E-state index contributed by atoms with van der Waals surface area (Å²) in [5.41, 5.74) is -1.60. The van der Waals surface area contributed by atoms with Crippen molar-refractivity contribution in [1.29, 1.82) is 0 Å². The van der Waals surface area contributed by atoms with Crippen LogP contribution in [0.4, 0.5) is 13.2 Å². The molecule has 0 aliphatic carbocycles. The highest BCUT2D eigenvalue weighted by Gasteiger charge is 2.38. The zero-order valence-electron chi connectivity index (χ0n) is 12.8. The van der Waals surface area contributed by atoms with Crippen molar-refractivity contribution in [1.82, 2.24) is 9.97 Å². The van der Waals surface area contributed by atoms with Crippen molar-refractivity contribution >= 4 is 51.0 Å².